The van der Waals surface area contributed by atoms with Gasteiger partial charge in [0.05, 0.1) is 11.4 Å². The molecule has 1 N–H and O–H groups in total. The number of rotatable bonds is 4. The summed E-state index contributed by atoms with van der Waals surface area (Å²) in [5.74, 6) is -0.338. The van der Waals surface area contributed by atoms with E-state index in [1.54, 1.807) is 37.5 Å². The Labute approximate surface area is 148 Å². The van der Waals surface area contributed by atoms with Gasteiger partial charge in [0.2, 0.25) is 0 Å². The molecule has 0 saturated heterocycles. The molecule has 25 heavy (non-hydrogen) atoms. The molecule has 3 aromatic heterocycles. The molecule has 3 heterocycles. The molecule has 0 saturated carbocycles. The van der Waals surface area contributed by atoms with Crippen molar-refractivity contribution in [1.82, 2.24) is 19.7 Å². The number of nitrogens with one attached hydrogen (secondary N) is 1. The van der Waals surface area contributed by atoms with Crippen LogP contribution in [0.25, 0.3) is 11.3 Å². The summed E-state index contributed by atoms with van der Waals surface area (Å²) >= 11 is 1.40. The maximum atomic E-state index is 12.5. The third-order valence-electron chi connectivity index (χ3n) is 3.81. The predicted molar refractivity (Wildman–Crippen MR) is 96.7 cm³/mol. The van der Waals surface area contributed by atoms with Crippen molar-refractivity contribution in [1.29, 1.82) is 0 Å². The number of carbonyl (C=O) groups excluding carboxylic acids is 1. The molecule has 0 aliphatic rings. The second-order valence-electron chi connectivity index (χ2n) is 5.56. The van der Waals surface area contributed by atoms with Crippen LogP contribution in [0.2, 0.25) is 0 Å². The summed E-state index contributed by atoms with van der Waals surface area (Å²) < 4.78 is 1.18. The van der Waals surface area contributed by atoms with E-state index in [1.165, 1.54) is 22.1 Å². The van der Waals surface area contributed by atoms with Crippen molar-refractivity contribution in [3.05, 3.63) is 57.6 Å². The summed E-state index contributed by atoms with van der Waals surface area (Å²) in [7, 11) is 0. The summed E-state index contributed by atoms with van der Waals surface area (Å²) in [6.45, 7) is 5.46. The smallest absolute Gasteiger partial charge is 0.267 e. The van der Waals surface area contributed by atoms with Crippen molar-refractivity contribution in [2.75, 3.05) is 5.32 Å². The summed E-state index contributed by atoms with van der Waals surface area (Å²) in [4.78, 5) is 33.9. The predicted octanol–water partition coefficient (Wildman–Crippen LogP) is 2.58. The van der Waals surface area contributed by atoms with E-state index < -0.39 is 6.04 Å². The molecule has 7 nitrogen and oxygen atoms in total. The van der Waals surface area contributed by atoms with Gasteiger partial charge in [0.15, 0.2) is 5.13 Å². The highest BCUT2D eigenvalue weighted by Crippen LogP contribution is 2.22. The van der Waals surface area contributed by atoms with E-state index in [9.17, 15) is 9.59 Å². The molecule has 3 rings (SSSR count). The second kappa shape index (κ2) is 6.94. The van der Waals surface area contributed by atoms with Crippen molar-refractivity contribution in [3.63, 3.8) is 0 Å². The monoisotopic (exact) mass is 355 g/mol. The minimum Gasteiger partial charge on any atom is -0.300 e. The summed E-state index contributed by atoms with van der Waals surface area (Å²) in [5, 5.41) is 7.59. The first-order valence-corrected chi connectivity index (χ1v) is 8.52. The molecule has 128 valence electrons. The van der Waals surface area contributed by atoms with E-state index in [0.29, 0.717) is 10.8 Å². The van der Waals surface area contributed by atoms with E-state index in [0.717, 1.165) is 16.1 Å². The van der Waals surface area contributed by atoms with E-state index in [-0.39, 0.29) is 11.5 Å². The van der Waals surface area contributed by atoms with Crippen molar-refractivity contribution in [3.8, 4) is 11.3 Å². The quantitative estimate of drug-likeness (QED) is 0.777. The van der Waals surface area contributed by atoms with E-state index in [2.05, 4.69) is 20.4 Å². The van der Waals surface area contributed by atoms with Crippen LogP contribution >= 0.6 is 11.3 Å². The molecule has 1 amide bonds. The van der Waals surface area contributed by atoms with Gasteiger partial charge in [-0.25, -0.2) is 9.67 Å². The maximum absolute atomic E-state index is 12.5. The third-order valence-corrected chi connectivity index (χ3v) is 4.79. The van der Waals surface area contributed by atoms with Gasteiger partial charge in [0.25, 0.3) is 11.5 Å². The largest absolute Gasteiger partial charge is 0.300 e. The Morgan fingerprint density at radius 1 is 1.20 bits per heavy atom. The highest BCUT2D eigenvalue weighted by atomic mass is 32.1. The molecule has 0 radical (unpaired) electrons. The summed E-state index contributed by atoms with van der Waals surface area (Å²) in [6.07, 6.45) is 3.30. The van der Waals surface area contributed by atoms with Crippen LogP contribution in [-0.4, -0.2) is 25.7 Å². The van der Waals surface area contributed by atoms with Gasteiger partial charge in [-0.3, -0.25) is 14.6 Å². The Bertz CT molecular complexity index is 945. The van der Waals surface area contributed by atoms with Gasteiger partial charge in [-0.05, 0) is 39.0 Å². The van der Waals surface area contributed by atoms with Crippen LogP contribution in [0, 0.1) is 13.8 Å². The maximum Gasteiger partial charge on any atom is 0.267 e. The molecule has 0 fully saturated rings. The number of thiazole rings is 1. The average Bonchev–Trinajstić information content (AvgIpc) is 2.93. The lowest BCUT2D eigenvalue weighted by Gasteiger charge is -2.14. The first kappa shape index (κ1) is 17.0. The van der Waals surface area contributed by atoms with Gasteiger partial charge in [-0.1, -0.05) is 0 Å². The summed E-state index contributed by atoms with van der Waals surface area (Å²) in [5.41, 5.74) is 1.96. The van der Waals surface area contributed by atoms with Gasteiger partial charge in [0.1, 0.15) is 6.04 Å². The number of amides is 1. The van der Waals surface area contributed by atoms with E-state index in [1.807, 2.05) is 13.8 Å². The molecular weight excluding hydrogens is 338 g/mol. The second-order valence-corrected chi connectivity index (χ2v) is 6.77. The number of aromatic nitrogens is 4. The van der Waals surface area contributed by atoms with Gasteiger partial charge in [-0.2, -0.15) is 5.10 Å². The lowest BCUT2D eigenvalue weighted by atomic mass is 10.2. The molecule has 0 aliphatic carbocycles. The first-order valence-electron chi connectivity index (χ1n) is 7.71. The van der Waals surface area contributed by atoms with Crippen molar-refractivity contribution < 1.29 is 4.79 Å². The zero-order chi connectivity index (χ0) is 18.0. The Morgan fingerprint density at radius 2 is 1.92 bits per heavy atom. The van der Waals surface area contributed by atoms with Crippen LogP contribution < -0.4 is 10.9 Å². The molecule has 0 bridgehead atoms. The third kappa shape index (κ3) is 3.63. The van der Waals surface area contributed by atoms with Crippen molar-refractivity contribution >= 4 is 22.4 Å². The zero-order valence-corrected chi connectivity index (χ0v) is 14.9. The van der Waals surface area contributed by atoms with Gasteiger partial charge in [-0.15, -0.1) is 11.3 Å². The topological polar surface area (TPSA) is 89.8 Å². The van der Waals surface area contributed by atoms with Crippen LogP contribution in [0.5, 0.6) is 0 Å². The molecule has 0 spiro atoms. The lowest BCUT2D eigenvalue weighted by Crippen LogP contribution is -2.33. The number of pyridine rings is 1. The lowest BCUT2D eigenvalue weighted by molar-refractivity contribution is -0.119. The summed E-state index contributed by atoms with van der Waals surface area (Å²) in [6, 6.07) is 5.86. The fourth-order valence-corrected chi connectivity index (χ4v) is 3.04. The highest BCUT2D eigenvalue weighted by Gasteiger charge is 2.19. The Morgan fingerprint density at radius 3 is 2.56 bits per heavy atom. The molecule has 8 heteroatoms. The standard InChI is InChI=1S/C17H17N5O2S/c1-10-12(3)25-17(19-10)20-16(24)11(2)22-15(23)5-4-14(21-22)13-6-8-18-9-7-13/h4-9,11H,1-3H3,(H,19,20,24). The molecule has 1 atom stereocenters. The number of anilines is 1. The molecule has 3 aromatic rings. The van der Waals surface area contributed by atoms with Crippen LogP contribution in [0.15, 0.2) is 41.5 Å². The Balaban J connectivity index is 1.87. The van der Waals surface area contributed by atoms with Crippen molar-refractivity contribution in [2.45, 2.75) is 26.8 Å². The number of nitrogens with zero attached hydrogens (tertiary/aromatic N) is 4. The van der Waals surface area contributed by atoms with E-state index >= 15 is 0 Å². The van der Waals surface area contributed by atoms with Gasteiger partial charge < -0.3 is 5.32 Å². The van der Waals surface area contributed by atoms with Crippen LogP contribution in [0.1, 0.15) is 23.5 Å². The van der Waals surface area contributed by atoms with Crippen LogP contribution in [0.3, 0.4) is 0 Å². The number of hydrogen-bond donors (Lipinski definition) is 1. The van der Waals surface area contributed by atoms with Crippen molar-refractivity contribution in [2.24, 2.45) is 0 Å². The molecule has 0 aromatic carbocycles. The molecule has 0 aliphatic heterocycles. The average molecular weight is 355 g/mol. The van der Waals surface area contributed by atoms with Crippen LogP contribution in [-0.2, 0) is 4.79 Å². The minimum absolute atomic E-state index is 0.338. The number of aryl methyl sites for hydroxylation is 2. The number of carbonyl (C=O) groups is 1. The highest BCUT2D eigenvalue weighted by molar-refractivity contribution is 7.15. The SMILES string of the molecule is Cc1nc(NC(=O)C(C)n2nc(-c3ccncc3)ccc2=O)sc1C. The molecule has 1 unspecified atom stereocenters. The van der Waals surface area contributed by atoms with Crippen LogP contribution in [0.4, 0.5) is 5.13 Å². The normalized spacial score (nSPS) is 12.0. The zero-order valence-electron chi connectivity index (χ0n) is 14.1. The Kier molecular flexibility index (Phi) is 4.71. The fourth-order valence-electron chi connectivity index (χ4n) is 2.23. The van der Waals surface area contributed by atoms with E-state index in [4.69, 9.17) is 0 Å². The minimum atomic E-state index is -0.765. The fraction of sp³-hybridized carbons (Fsp3) is 0.235. The first-order chi connectivity index (χ1) is 12.0. The number of hydrogen-bond acceptors (Lipinski definition) is 6. The van der Waals surface area contributed by atoms with Gasteiger partial charge >= 0.3 is 0 Å². The molecular formula is C17H17N5O2S. The van der Waals surface area contributed by atoms with Gasteiger partial charge in [0, 0.05) is 28.9 Å². The Hall–Kier alpha value is -2.87.